The van der Waals surface area contributed by atoms with Crippen LogP contribution in [-0.2, 0) is 0 Å². The Morgan fingerprint density at radius 2 is 2.29 bits per heavy atom. The maximum absolute atomic E-state index is 11.3. The number of hydrogen-bond donors (Lipinski definition) is 2. The molecule has 0 saturated heterocycles. The van der Waals surface area contributed by atoms with E-state index < -0.39 is 0 Å². The van der Waals surface area contributed by atoms with Crippen molar-refractivity contribution in [3.8, 4) is 0 Å². The van der Waals surface area contributed by atoms with Gasteiger partial charge in [-0.05, 0) is 26.0 Å². The number of aromatic nitrogens is 1. The van der Waals surface area contributed by atoms with E-state index in [4.69, 9.17) is 0 Å². The van der Waals surface area contributed by atoms with Crippen molar-refractivity contribution in [3.05, 3.63) is 22.8 Å². The van der Waals surface area contributed by atoms with E-state index in [0.29, 0.717) is 5.82 Å². The summed E-state index contributed by atoms with van der Waals surface area (Å²) in [5.41, 5.74) is 0. The second kappa shape index (κ2) is 4.95. The lowest BCUT2D eigenvalue weighted by molar-refractivity contribution is 0.250. The molecule has 1 aromatic heterocycles. The first-order valence-electron chi connectivity index (χ1n) is 4.27. The van der Waals surface area contributed by atoms with E-state index in [1.54, 1.807) is 18.3 Å². The summed E-state index contributed by atoms with van der Waals surface area (Å²) >= 11 is 3.29. The number of nitrogens with zero attached hydrogens (tertiary/aromatic N) is 1. The Labute approximate surface area is 91.2 Å². The van der Waals surface area contributed by atoms with E-state index in [1.807, 2.05) is 13.8 Å². The SMILES string of the molecule is CC(C)NC(=O)Nc1cc(Br)ccn1. The van der Waals surface area contributed by atoms with Crippen molar-refractivity contribution in [1.82, 2.24) is 10.3 Å². The highest BCUT2D eigenvalue weighted by molar-refractivity contribution is 9.10. The van der Waals surface area contributed by atoms with Gasteiger partial charge in [-0.2, -0.15) is 0 Å². The van der Waals surface area contributed by atoms with Crippen LogP contribution in [0.25, 0.3) is 0 Å². The van der Waals surface area contributed by atoms with Gasteiger partial charge in [0.1, 0.15) is 5.82 Å². The van der Waals surface area contributed by atoms with Gasteiger partial charge in [0.05, 0.1) is 0 Å². The first-order chi connectivity index (χ1) is 6.58. The van der Waals surface area contributed by atoms with Crippen LogP contribution in [0.15, 0.2) is 22.8 Å². The van der Waals surface area contributed by atoms with E-state index in [-0.39, 0.29) is 12.1 Å². The van der Waals surface area contributed by atoms with Gasteiger partial charge in [-0.15, -0.1) is 0 Å². The number of carbonyl (C=O) groups excluding carboxylic acids is 1. The predicted molar refractivity (Wildman–Crippen MR) is 59.2 cm³/mol. The molecular weight excluding hydrogens is 246 g/mol. The van der Waals surface area contributed by atoms with Crippen molar-refractivity contribution in [2.75, 3.05) is 5.32 Å². The minimum absolute atomic E-state index is 0.113. The third kappa shape index (κ3) is 3.74. The van der Waals surface area contributed by atoms with Crippen molar-refractivity contribution in [3.63, 3.8) is 0 Å². The molecule has 1 rings (SSSR count). The van der Waals surface area contributed by atoms with Crippen LogP contribution in [0.5, 0.6) is 0 Å². The summed E-state index contributed by atoms with van der Waals surface area (Å²) in [6.07, 6.45) is 1.62. The Kier molecular flexibility index (Phi) is 3.88. The van der Waals surface area contributed by atoms with Gasteiger partial charge in [0.15, 0.2) is 0 Å². The van der Waals surface area contributed by atoms with Crippen molar-refractivity contribution >= 4 is 27.8 Å². The molecule has 0 aromatic carbocycles. The number of amides is 2. The molecule has 0 radical (unpaired) electrons. The molecular formula is C9H12BrN3O. The van der Waals surface area contributed by atoms with Crippen LogP contribution >= 0.6 is 15.9 Å². The fraction of sp³-hybridized carbons (Fsp3) is 0.333. The number of halogens is 1. The summed E-state index contributed by atoms with van der Waals surface area (Å²) in [5, 5.41) is 5.33. The molecule has 4 nitrogen and oxygen atoms in total. The molecule has 2 amide bonds. The summed E-state index contributed by atoms with van der Waals surface area (Å²) in [6.45, 7) is 3.79. The molecule has 0 bridgehead atoms. The van der Waals surface area contributed by atoms with Gasteiger partial charge in [0.25, 0.3) is 0 Å². The van der Waals surface area contributed by atoms with Crippen LogP contribution < -0.4 is 10.6 Å². The van der Waals surface area contributed by atoms with E-state index in [0.717, 1.165) is 4.47 Å². The van der Waals surface area contributed by atoms with Crippen molar-refractivity contribution in [2.24, 2.45) is 0 Å². The molecule has 1 heterocycles. The summed E-state index contributed by atoms with van der Waals surface area (Å²) in [4.78, 5) is 15.2. The van der Waals surface area contributed by atoms with E-state index in [1.165, 1.54) is 0 Å². The average Bonchev–Trinajstić information content (AvgIpc) is 2.01. The largest absolute Gasteiger partial charge is 0.336 e. The first-order valence-corrected chi connectivity index (χ1v) is 5.06. The lowest BCUT2D eigenvalue weighted by Crippen LogP contribution is -2.34. The molecule has 76 valence electrons. The zero-order valence-electron chi connectivity index (χ0n) is 8.04. The molecule has 5 heteroatoms. The highest BCUT2D eigenvalue weighted by Crippen LogP contribution is 2.12. The van der Waals surface area contributed by atoms with Gasteiger partial charge in [0, 0.05) is 16.7 Å². The molecule has 0 aliphatic heterocycles. The lowest BCUT2D eigenvalue weighted by Gasteiger charge is -2.09. The molecule has 2 N–H and O–H groups in total. The quantitative estimate of drug-likeness (QED) is 0.855. The Morgan fingerprint density at radius 3 is 2.86 bits per heavy atom. The Bertz CT molecular complexity index is 328. The highest BCUT2D eigenvalue weighted by Gasteiger charge is 2.03. The normalized spacial score (nSPS) is 10.0. The Morgan fingerprint density at radius 1 is 1.57 bits per heavy atom. The van der Waals surface area contributed by atoms with Crippen molar-refractivity contribution in [2.45, 2.75) is 19.9 Å². The van der Waals surface area contributed by atoms with E-state index >= 15 is 0 Å². The summed E-state index contributed by atoms with van der Waals surface area (Å²) in [5.74, 6) is 0.525. The number of carbonyl (C=O) groups is 1. The maximum atomic E-state index is 11.3. The van der Waals surface area contributed by atoms with Crippen LogP contribution in [0.2, 0.25) is 0 Å². The number of urea groups is 1. The summed E-state index contributed by atoms with van der Waals surface area (Å²) < 4.78 is 0.882. The van der Waals surface area contributed by atoms with Gasteiger partial charge in [-0.1, -0.05) is 15.9 Å². The van der Waals surface area contributed by atoms with Crippen molar-refractivity contribution in [1.29, 1.82) is 0 Å². The standard InChI is InChI=1S/C9H12BrN3O/c1-6(2)12-9(14)13-8-5-7(10)3-4-11-8/h3-6H,1-2H3,(H2,11,12,13,14). The Balaban J connectivity index is 2.56. The zero-order valence-corrected chi connectivity index (χ0v) is 9.63. The third-order valence-corrected chi connectivity index (χ3v) is 1.88. The first kappa shape index (κ1) is 11.0. The molecule has 0 fully saturated rings. The Hall–Kier alpha value is -1.10. The van der Waals surface area contributed by atoms with Crippen LogP contribution in [0.1, 0.15) is 13.8 Å². The number of anilines is 1. The minimum atomic E-state index is -0.245. The van der Waals surface area contributed by atoms with Gasteiger partial charge in [-0.3, -0.25) is 5.32 Å². The fourth-order valence-electron chi connectivity index (χ4n) is 0.888. The number of rotatable bonds is 2. The summed E-state index contributed by atoms with van der Waals surface area (Å²) in [6, 6.07) is 3.40. The van der Waals surface area contributed by atoms with Crippen molar-refractivity contribution < 1.29 is 4.79 Å². The topological polar surface area (TPSA) is 54.0 Å². The van der Waals surface area contributed by atoms with E-state index in [2.05, 4.69) is 31.5 Å². The lowest BCUT2D eigenvalue weighted by atomic mass is 10.4. The second-order valence-electron chi connectivity index (χ2n) is 3.11. The van der Waals surface area contributed by atoms with Gasteiger partial charge in [-0.25, -0.2) is 9.78 Å². The van der Waals surface area contributed by atoms with Gasteiger partial charge >= 0.3 is 6.03 Å². The molecule has 0 spiro atoms. The van der Waals surface area contributed by atoms with Gasteiger partial charge < -0.3 is 5.32 Å². The molecule has 0 aliphatic carbocycles. The predicted octanol–water partition coefficient (Wildman–Crippen LogP) is 2.37. The second-order valence-corrected chi connectivity index (χ2v) is 4.03. The molecule has 0 saturated carbocycles. The smallest absolute Gasteiger partial charge is 0.320 e. The molecule has 0 atom stereocenters. The molecule has 0 aliphatic rings. The van der Waals surface area contributed by atoms with Crippen LogP contribution in [-0.4, -0.2) is 17.1 Å². The number of nitrogens with one attached hydrogen (secondary N) is 2. The molecule has 0 unspecified atom stereocenters. The van der Waals surface area contributed by atoms with E-state index in [9.17, 15) is 4.79 Å². The zero-order chi connectivity index (χ0) is 10.6. The monoisotopic (exact) mass is 257 g/mol. The average molecular weight is 258 g/mol. The summed E-state index contributed by atoms with van der Waals surface area (Å²) in [7, 11) is 0. The number of pyridine rings is 1. The number of hydrogen-bond acceptors (Lipinski definition) is 2. The van der Waals surface area contributed by atoms with Gasteiger partial charge in [0.2, 0.25) is 0 Å². The fourth-order valence-corrected chi connectivity index (χ4v) is 1.22. The minimum Gasteiger partial charge on any atom is -0.336 e. The molecule has 14 heavy (non-hydrogen) atoms. The van der Waals surface area contributed by atoms with Crippen LogP contribution in [0.3, 0.4) is 0 Å². The van der Waals surface area contributed by atoms with Crippen LogP contribution in [0, 0.1) is 0 Å². The third-order valence-electron chi connectivity index (χ3n) is 1.38. The highest BCUT2D eigenvalue weighted by atomic mass is 79.9. The maximum Gasteiger partial charge on any atom is 0.320 e. The molecule has 1 aromatic rings. The van der Waals surface area contributed by atoms with Crippen LogP contribution in [0.4, 0.5) is 10.6 Å².